The third-order valence-corrected chi connectivity index (χ3v) is 5.57. The lowest BCUT2D eigenvalue weighted by molar-refractivity contribution is -0.125. The Morgan fingerprint density at radius 3 is 2.41 bits per heavy atom. The highest BCUT2D eigenvalue weighted by Gasteiger charge is 2.36. The van der Waals surface area contributed by atoms with E-state index < -0.39 is 6.04 Å². The number of hydrogen-bond acceptors (Lipinski definition) is 4. The molecule has 1 aromatic carbocycles. The molecule has 0 aliphatic carbocycles. The monoisotopic (exact) mass is 372 g/mol. The summed E-state index contributed by atoms with van der Waals surface area (Å²) in [7, 11) is 0. The molecule has 2 heterocycles. The highest BCUT2D eigenvalue weighted by Crippen LogP contribution is 2.32. The van der Waals surface area contributed by atoms with Gasteiger partial charge in [-0.2, -0.15) is 0 Å². The lowest BCUT2D eigenvalue weighted by Crippen LogP contribution is -2.48. The van der Waals surface area contributed by atoms with Gasteiger partial charge < -0.3 is 15.1 Å². The van der Waals surface area contributed by atoms with E-state index in [0.717, 1.165) is 50.4 Å². The zero-order chi connectivity index (χ0) is 19.2. The number of rotatable bonds is 7. The minimum Gasteiger partial charge on any atom is -0.354 e. The number of hydrogen-bond donors (Lipinski definition) is 1. The molecule has 6 heteroatoms. The molecule has 0 aromatic heterocycles. The predicted molar refractivity (Wildman–Crippen MR) is 108 cm³/mol. The predicted octanol–water partition coefficient (Wildman–Crippen LogP) is 1.50. The first-order valence-corrected chi connectivity index (χ1v) is 10.2. The summed E-state index contributed by atoms with van der Waals surface area (Å²) in [5, 5.41) is 3.04. The highest BCUT2D eigenvalue weighted by molar-refractivity contribution is 6.02. The van der Waals surface area contributed by atoms with Crippen LogP contribution in [0.4, 0.5) is 5.69 Å². The molecular formula is C21H32N4O2. The maximum atomic E-state index is 12.7. The number of anilines is 1. The van der Waals surface area contributed by atoms with E-state index in [4.69, 9.17) is 0 Å². The molecule has 6 nitrogen and oxygen atoms in total. The van der Waals surface area contributed by atoms with Crippen molar-refractivity contribution in [3.63, 3.8) is 0 Å². The number of amides is 2. The molecule has 1 unspecified atom stereocenters. The molecule has 27 heavy (non-hydrogen) atoms. The summed E-state index contributed by atoms with van der Waals surface area (Å²) in [4.78, 5) is 31.4. The van der Waals surface area contributed by atoms with Crippen molar-refractivity contribution in [1.82, 2.24) is 15.1 Å². The molecule has 0 bridgehead atoms. The van der Waals surface area contributed by atoms with Crippen LogP contribution in [0.25, 0.3) is 0 Å². The van der Waals surface area contributed by atoms with E-state index in [0.29, 0.717) is 13.0 Å². The fourth-order valence-electron chi connectivity index (χ4n) is 4.17. The van der Waals surface area contributed by atoms with Crippen molar-refractivity contribution >= 4 is 17.5 Å². The van der Waals surface area contributed by atoms with E-state index >= 15 is 0 Å². The summed E-state index contributed by atoms with van der Waals surface area (Å²) >= 11 is 0. The zero-order valence-corrected chi connectivity index (χ0v) is 16.6. The van der Waals surface area contributed by atoms with Crippen molar-refractivity contribution < 1.29 is 9.59 Å². The van der Waals surface area contributed by atoms with Gasteiger partial charge in [0.25, 0.3) is 0 Å². The van der Waals surface area contributed by atoms with E-state index in [1.54, 1.807) is 4.90 Å². The molecule has 1 N–H and O–H groups in total. The SMILES string of the molecule is CCCN1CCN(CCCNC(=O)C2Cc3ccccc3N2C(C)=O)CC1. The highest BCUT2D eigenvalue weighted by atomic mass is 16.2. The molecule has 1 aromatic rings. The quantitative estimate of drug-likeness (QED) is 0.737. The second-order valence-corrected chi connectivity index (χ2v) is 7.57. The van der Waals surface area contributed by atoms with Crippen molar-refractivity contribution in [3.05, 3.63) is 29.8 Å². The van der Waals surface area contributed by atoms with Gasteiger partial charge in [-0.15, -0.1) is 0 Å². The van der Waals surface area contributed by atoms with Crippen LogP contribution in [-0.4, -0.2) is 73.5 Å². The van der Waals surface area contributed by atoms with Gasteiger partial charge in [-0.05, 0) is 37.6 Å². The lowest BCUT2D eigenvalue weighted by Gasteiger charge is -2.34. The molecule has 2 aliphatic heterocycles. The van der Waals surface area contributed by atoms with Gasteiger partial charge in [0.1, 0.15) is 6.04 Å². The Kier molecular flexibility index (Phi) is 6.85. The minimum absolute atomic E-state index is 0.0471. The van der Waals surface area contributed by atoms with Crippen LogP contribution in [-0.2, 0) is 16.0 Å². The zero-order valence-electron chi connectivity index (χ0n) is 16.6. The van der Waals surface area contributed by atoms with E-state index in [-0.39, 0.29) is 11.8 Å². The molecule has 1 atom stereocenters. The lowest BCUT2D eigenvalue weighted by atomic mass is 10.1. The van der Waals surface area contributed by atoms with Crippen molar-refractivity contribution in [1.29, 1.82) is 0 Å². The number of benzene rings is 1. The third-order valence-electron chi connectivity index (χ3n) is 5.57. The average molecular weight is 373 g/mol. The van der Waals surface area contributed by atoms with Gasteiger partial charge in [0.15, 0.2) is 0 Å². The minimum atomic E-state index is -0.419. The summed E-state index contributed by atoms with van der Waals surface area (Å²) in [6.45, 7) is 11.1. The van der Waals surface area contributed by atoms with Gasteiger partial charge >= 0.3 is 0 Å². The van der Waals surface area contributed by atoms with Gasteiger partial charge in [-0.1, -0.05) is 25.1 Å². The van der Waals surface area contributed by atoms with Crippen LogP contribution in [0.2, 0.25) is 0 Å². The second-order valence-electron chi connectivity index (χ2n) is 7.57. The van der Waals surface area contributed by atoms with Gasteiger partial charge in [0, 0.05) is 51.8 Å². The summed E-state index contributed by atoms with van der Waals surface area (Å²) in [6, 6.07) is 7.36. The fraction of sp³-hybridized carbons (Fsp3) is 0.619. The summed E-state index contributed by atoms with van der Waals surface area (Å²) in [5.74, 6) is -0.126. The Morgan fingerprint density at radius 2 is 1.74 bits per heavy atom. The number of para-hydroxylation sites is 1. The van der Waals surface area contributed by atoms with Crippen LogP contribution < -0.4 is 10.2 Å². The van der Waals surface area contributed by atoms with Gasteiger partial charge in [0.05, 0.1) is 0 Å². The Morgan fingerprint density at radius 1 is 1.07 bits per heavy atom. The first-order valence-electron chi connectivity index (χ1n) is 10.2. The van der Waals surface area contributed by atoms with Crippen LogP contribution in [0.3, 0.4) is 0 Å². The second kappa shape index (κ2) is 9.33. The molecule has 1 saturated heterocycles. The Bertz CT molecular complexity index is 655. The van der Waals surface area contributed by atoms with Gasteiger partial charge in [0.2, 0.25) is 11.8 Å². The summed E-state index contributed by atoms with van der Waals surface area (Å²) in [5.41, 5.74) is 1.94. The molecule has 1 fully saturated rings. The van der Waals surface area contributed by atoms with Crippen molar-refractivity contribution in [2.75, 3.05) is 50.7 Å². The first-order chi connectivity index (χ1) is 13.1. The van der Waals surface area contributed by atoms with E-state index in [9.17, 15) is 9.59 Å². The normalized spacial score (nSPS) is 20.5. The van der Waals surface area contributed by atoms with Crippen LogP contribution in [0.15, 0.2) is 24.3 Å². The number of carbonyl (C=O) groups excluding carboxylic acids is 2. The number of fused-ring (bicyclic) bond motifs is 1. The summed E-state index contributed by atoms with van der Waals surface area (Å²) < 4.78 is 0. The molecular weight excluding hydrogens is 340 g/mol. The van der Waals surface area contributed by atoms with Crippen LogP contribution >= 0.6 is 0 Å². The maximum absolute atomic E-state index is 12.7. The maximum Gasteiger partial charge on any atom is 0.243 e. The molecule has 3 rings (SSSR count). The summed E-state index contributed by atoms with van der Waals surface area (Å²) in [6.07, 6.45) is 2.76. The Balaban J connectivity index is 1.42. The van der Waals surface area contributed by atoms with Gasteiger partial charge in [-0.3, -0.25) is 14.5 Å². The number of piperazine rings is 1. The Labute approximate surface area is 162 Å². The molecule has 2 aliphatic rings. The van der Waals surface area contributed by atoms with Crippen molar-refractivity contribution in [2.45, 2.75) is 39.2 Å². The third kappa shape index (κ3) is 4.87. The van der Waals surface area contributed by atoms with E-state index in [2.05, 4.69) is 22.0 Å². The van der Waals surface area contributed by atoms with Gasteiger partial charge in [-0.25, -0.2) is 0 Å². The van der Waals surface area contributed by atoms with Crippen molar-refractivity contribution in [3.8, 4) is 0 Å². The first kappa shape index (κ1) is 19.8. The topological polar surface area (TPSA) is 55.9 Å². The van der Waals surface area contributed by atoms with Crippen molar-refractivity contribution in [2.24, 2.45) is 0 Å². The molecule has 2 amide bonds. The Hall–Kier alpha value is -1.92. The average Bonchev–Trinajstić information content (AvgIpc) is 3.06. The number of carbonyl (C=O) groups is 2. The molecule has 0 spiro atoms. The fourth-order valence-corrected chi connectivity index (χ4v) is 4.17. The van der Waals surface area contributed by atoms with E-state index in [1.165, 1.54) is 19.9 Å². The van der Waals surface area contributed by atoms with Crippen LogP contribution in [0.1, 0.15) is 32.3 Å². The largest absolute Gasteiger partial charge is 0.354 e. The van der Waals surface area contributed by atoms with E-state index in [1.807, 2.05) is 24.3 Å². The van der Waals surface area contributed by atoms with Crippen LogP contribution in [0, 0.1) is 0 Å². The van der Waals surface area contributed by atoms with Crippen LogP contribution in [0.5, 0.6) is 0 Å². The number of nitrogens with one attached hydrogen (secondary N) is 1. The number of nitrogens with zero attached hydrogens (tertiary/aromatic N) is 3. The molecule has 0 saturated carbocycles. The standard InChI is InChI=1S/C21H32N4O2/c1-3-10-23-12-14-24(15-13-23)11-6-9-22-21(27)20-16-18-7-4-5-8-19(18)25(20)17(2)26/h4-5,7-8,20H,3,6,9-16H2,1-2H3,(H,22,27). The molecule has 0 radical (unpaired) electrons. The molecule has 148 valence electrons. The smallest absolute Gasteiger partial charge is 0.243 e.